The maximum absolute atomic E-state index is 13.8. The number of rotatable bonds is 4. The van der Waals surface area contributed by atoms with E-state index in [9.17, 15) is 4.39 Å². The first kappa shape index (κ1) is 15.9. The molecule has 2 nitrogen and oxygen atoms in total. The number of nitrogens with two attached hydrogens (primary N) is 1. The SMILES string of the molecule is NC1CC(Cc2csc(Cl)c2)CN(Cc2ccccc2F)C1. The molecule has 0 radical (unpaired) electrons. The summed E-state index contributed by atoms with van der Waals surface area (Å²) in [5.74, 6) is 0.365. The van der Waals surface area contributed by atoms with Gasteiger partial charge in [0.1, 0.15) is 5.82 Å². The van der Waals surface area contributed by atoms with Crippen LogP contribution in [0.5, 0.6) is 0 Å². The molecule has 1 saturated heterocycles. The lowest BCUT2D eigenvalue weighted by Gasteiger charge is -2.36. The number of hydrogen-bond acceptors (Lipinski definition) is 3. The highest BCUT2D eigenvalue weighted by Gasteiger charge is 2.26. The van der Waals surface area contributed by atoms with E-state index < -0.39 is 0 Å². The molecule has 3 rings (SSSR count). The summed E-state index contributed by atoms with van der Waals surface area (Å²) in [6, 6.07) is 9.16. The quantitative estimate of drug-likeness (QED) is 0.915. The Morgan fingerprint density at radius 2 is 2.14 bits per heavy atom. The van der Waals surface area contributed by atoms with Crippen molar-refractivity contribution in [3.63, 3.8) is 0 Å². The normalized spacial score (nSPS) is 22.9. The Bertz CT molecular complexity index is 631. The molecule has 118 valence electrons. The summed E-state index contributed by atoms with van der Waals surface area (Å²) in [7, 11) is 0. The number of halogens is 2. The van der Waals surface area contributed by atoms with E-state index in [-0.39, 0.29) is 11.9 Å². The van der Waals surface area contributed by atoms with Gasteiger partial charge >= 0.3 is 0 Å². The van der Waals surface area contributed by atoms with Crippen LogP contribution in [-0.4, -0.2) is 24.0 Å². The zero-order chi connectivity index (χ0) is 15.5. The fourth-order valence-electron chi connectivity index (χ4n) is 3.28. The van der Waals surface area contributed by atoms with Crippen LogP contribution in [-0.2, 0) is 13.0 Å². The summed E-state index contributed by atoms with van der Waals surface area (Å²) in [6.07, 6.45) is 2.01. The van der Waals surface area contributed by atoms with E-state index in [0.717, 1.165) is 35.8 Å². The molecule has 2 aromatic rings. The molecule has 2 unspecified atom stereocenters. The lowest BCUT2D eigenvalue weighted by molar-refractivity contribution is 0.148. The molecule has 2 heterocycles. The molecule has 0 amide bonds. The minimum absolute atomic E-state index is 0.136. The highest BCUT2D eigenvalue weighted by molar-refractivity contribution is 7.14. The van der Waals surface area contributed by atoms with Crippen LogP contribution in [0.3, 0.4) is 0 Å². The number of nitrogens with zero attached hydrogens (tertiary/aromatic N) is 1. The molecule has 1 aromatic heterocycles. The monoisotopic (exact) mass is 338 g/mol. The second kappa shape index (κ2) is 7.09. The van der Waals surface area contributed by atoms with Crippen molar-refractivity contribution < 1.29 is 4.39 Å². The van der Waals surface area contributed by atoms with Crippen molar-refractivity contribution in [3.8, 4) is 0 Å². The molecule has 1 aromatic carbocycles. The van der Waals surface area contributed by atoms with E-state index in [4.69, 9.17) is 17.3 Å². The Morgan fingerprint density at radius 1 is 1.32 bits per heavy atom. The Kier molecular flexibility index (Phi) is 5.14. The summed E-state index contributed by atoms with van der Waals surface area (Å²) in [4.78, 5) is 2.27. The van der Waals surface area contributed by atoms with Gasteiger partial charge in [-0.1, -0.05) is 29.8 Å². The minimum atomic E-state index is -0.136. The van der Waals surface area contributed by atoms with Gasteiger partial charge in [-0.15, -0.1) is 11.3 Å². The molecule has 5 heteroatoms. The predicted octanol–water partition coefficient (Wildman–Crippen LogP) is 3.93. The highest BCUT2D eigenvalue weighted by Crippen LogP contribution is 2.26. The average Bonchev–Trinajstić information content (AvgIpc) is 2.86. The van der Waals surface area contributed by atoms with Crippen LogP contribution >= 0.6 is 22.9 Å². The zero-order valence-corrected chi connectivity index (χ0v) is 13.9. The largest absolute Gasteiger partial charge is 0.327 e. The molecule has 1 aliphatic heterocycles. The number of likely N-dealkylation sites (tertiary alicyclic amines) is 1. The van der Waals surface area contributed by atoms with E-state index >= 15 is 0 Å². The van der Waals surface area contributed by atoms with Gasteiger partial charge in [0.2, 0.25) is 0 Å². The van der Waals surface area contributed by atoms with Crippen molar-refractivity contribution in [1.82, 2.24) is 4.90 Å². The molecule has 2 atom stereocenters. The zero-order valence-electron chi connectivity index (χ0n) is 12.3. The summed E-state index contributed by atoms with van der Waals surface area (Å²) in [5, 5.41) is 2.11. The van der Waals surface area contributed by atoms with E-state index in [1.165, 1.54) is 11.6 Å². The van der Waals surface area contributed by atoms with Crippen LogP contribution < -0.4 is 5.73 Å². The van der Waals surface area contributed by atoms with Crippen molar-refractivity contribution in [3.05, 3.63) is 57.0 Å². The third kappa shape index (κ3) is 4.07. The Morgan fingerprint density at radius 3 is 2.86 bits per heavy atom. The fraction of sp³-hybridized carbons (Fsp3) is 0.412. The number of piperidine rings is 1. The lowest BCUT2D eigenvalue weighted by Crippen LogP contribution is -2.47. The summed E-state index contributed by atoms with van der Waals surface area (Å²) >= 11 is 7.57. The van der Waals surface area contributed by atoms with Crippen molar-refractivity contribution in [2.45, 2.75) is 25.4 Å². The first-order valence-corrected chi connectivity index (χ1v) is 8.80. The average molecular weight is 339 g/mol. The van der Waals surface area contributed by atoms with Gasteiger partial charge in [-0.3, -0.25) is 4.90 Å². The molecule has 0 saturated carbocycles. The minimum Gasteiger partial charge on any atom is -0.327 e. The molecule has 0 aliphatic carbocycles. The Labute approximate surface area is 139 Å². The maximum Gasteiger partial charge on any atom is 0.127 e. The van der Waals surface area contributed by atoms with Crippen LogP contribution in [0.4, 0.5) is 4.39 Å². The number of thiophene rings is 1. The van der Waals surface area contributed by atoms with Crippen LogP contribution in [0.25, 0.3) is 0 Å². The van der Waals surface area contributed by atoms with Gasteiger partial charge in [-0.05, 0) is 41.8 Å². The smallest absolute Gasteiger partial charge is 0.127 e. The lowest BCUT2D eigenvalue weighted by atomic mass is 9.89. The van der Waals surface area contributed by atoms with Gasteiger partial charge in [0.25, 0.3) is 0 Å². The van der Waals surface area contributed by atoms with Crippen molar-refractivity contribution in [2.24, 2.45) is 11.7 Å². The number of hydrogen-bond donors (Lipinski definition) is 1. The van der Waals surface area contributed by atoms with Crippen molar-refractivity contribution in [2.75, 3.05) is 13.1 Å². The van der Waals surface area contributed by atoms with Gasteiger partial charge < -0.3 is 5.73 Å². The molecular weight excluding hydrogens is 319 g/mol. The number of benzene rings is 1. The first-order valence-electron chi connectivity index (χ1n) is 7.54. The predicted molar refractivity (Wildman–Crippen MR) is 90.8 cm³/mol. The van der Waals surface area contributed by atoms with Crippen LogP contribution in [0.2, 0.25) is 4.34 Å². The van der Waals surface area contributed by atoms with E-state index in [0.29, 0.717) is 12.5 Å². The maximum atomic E-state index is 13.8. The summed E-state index contributed by atoms with van der Waals surface area (Å²) in [6.45, 7) is 2.41. The standard InChI is InChI=1S/C17H20ClFN2S/c18-17-7-13(11-22-17)5-12-6-15(20)10-21(8-12)9-14-3-1-2-4-16(14)19/h1-4,7,11-12,15H,5-6,8-10,20H2. The molecule has 1 fully saturated rings. The molecular formula is C17H20ClFN2S. The van der Waals surface area contributed by atoms with E-state index in [1.54, 1.807) is 17.4 Å². The molecule has 1 aliphatic rings. The van der Waals surface area contributed by atoms with E-state index in [1.807, 2.05) is 18.2 Å². The third-order valence-corrected chi connectivity index (χ3v) is 5.28. The molecule has 0 spiro atoms. The first-order chi connectivity index (χ1) is 10.6. The van der Waals surface area contributed by atoms with Gasteiger partial charge in [-0.2, -0.15) is 0 Å². The molecule has 0 bridgehead atoms. The molecule has 22 heavy (non-hydrogen) atoms. The second-order valence-corrected chi connectivity index (χ2v) is 7.65. The summed E-state index contributed by atoms with van der Waals surface area (Å²) in [5.41, 5.74) is 8.23. The van der Waals surface area contributed by atoms with Gasteiger partial charge in [0, 0.05) is 31.2 Å². The fourth-order valence-corrected chi connectivity index (χ4v) is 4.20. The highest BCUT2D eigenvalue weighted by atomic mass is 35.5. The van der Waals surface area contributed by atoms with Crippen LogP contribution in [0, 0.1) is 11.7 Å². The Hall–Kier alpha value is -0.940. The van der Waals surface area contributed by atoms with Gasteiger partial charge in [0.05, 0.1) is 4.34 Å². The van der Waals surface area contributed by atoms with Crippen molar-refractivity contribution >= 4 is 22.9 Å². The topological polar surface area (TPSA) is 29.3 Å². The second-order valence-electron chi connectivity index (χ2n) is 6.11. The van der Waals surface area contributed by atoms with Gasteiger partial charge in [0.15, 0.2) is 0 Å². The van der Waals surface area contributed by atoms with Crippen LogP contribution in [0.1, 0.15) is 17.5 Å². The molecule has 2 N–H and O–H groups in total. The third-order valence-electron chi connectivity index (χ3n) is 4.14. The van der Waals surface area contributed by atoms with Crippen LogP contribution in [0.15, 0.2) is 35.7 Å². The Balaban J connectivity index is 1.64. The van der Waals surface area contributed by atoms with E-state index in [2.05, 4.69) is 10.3 Å². The van der Waals surface area contributed by atoms with Gasteiger partial charge in [-0.25, -0.2) is 4.39 Å². The van der Waals surface area contributed by atoms with Crippen molar-refractivity contribution in [1.29, 1.82) is 0 Å². The summed E-state index contributed by atoms with van der Waals surface area (Å²) < 4.78 is 14.6.